The number of ether oxygens (including phenoxy) is 1. The van der Waals surface area contributed by atoms with Crippen LogP contribution in [0.15, 0.2) is 58.9 Å². The van der Waals surface area contributed by atoms with Crippen molar-refractivity contribution < 1.29 is 9.53 Å². The molecule has 0 atom stereocenters. The van der Waals surface area contributed by atoms with Gasteiger partial charge in [-0.15, -0.1) is 5.11 Å². The highest BCUT2D eigenvalue weighted by Gasteiger charge is 2.05. The van der Waals surface area contributed by atoms with Gasteiger partial charge in [-0.25, -0.2) is 4.79 Å². The third kappa shape index (κ3) is 3.90. The minimum Gasteiger partial charge on any atom is -0.462 e. The maximum Gasteiger partial charge on any atom is 0.338 e. The van der Waals surface area contributed by atoms with Gasteiger partial charge in [0.1, 0.15) is 11.8 Å². The molecule has 0 fully saturated rings. The fourth-order valence-corrected chi connectivity index (χ4v) is 1.69. The summed E-state index contributed by atoms with van der Waals surface area (Å²) in [7, 11) is 0. The highest BCUT2D eigenvalue weighted by molar-refractivity contribution is 5.89. The molecule has 0 aliphatic heterocycles. The maximum atomic E-state index is 11.5. The number of carbonyl (C=O) groups is 1. The van der Waals surface area contributed by atoms with E-state index in [1.165, 1.54) is 0 Å². The predicted octanol–water partition coefficient (Wildman–Crippen LogP) is 3.85. The van der Waals surface area contributed by atoms with Gasteiger partial charge in [0.2, 0.25) is 0 Å². The molecule has 2 aromatic rings. The molecule has 1 N–H and O–H groups in total. The minimum absolute atomic E-state index is 0.339. The number of nitrogens with zero attached hydrogens (tertiary/aromatic N) is 3. The zero-order chi connectivity index (χ0) is 15.8. The number of nitrogens with one attached hydrogen (secondary N) is 1. The monoisotopic (exact) mass is 294 g/mol. The van der Waals surface area contributed by atoms with Crippen LogP contribution in [0.1, 0.15) is 22.8 Å². The van der Waals surface area contributed by atoms with E-state index in [0.717, 1.165) is 0 Å². The lowest BCUT2D eigenvalue weighted by molar-refractivity contribution is 0.0526. The molecule has 0 radical (unpaired) electrons. The van der Waals surface area contributed by atoms with Crippen LogP contribution in [-0.2, 0) is 4.74 Å². The number of carbonyl (C=O) groups excluding carboxylic acids is 1. The molecule has 0 aromatic heterocycles. The normalized spacial score (nSPS) is 10.2. The number of esters is 1. The SMILES string of the molecule is CCOC(=O)c1ccc(NN=Nc2ccccc2C#N)cc1. The van der Waals surface area contributed by atoms with Gasteiger partial charge in [-0.05, 0) is 43.3 Å². The summed E-state index contributed by atoms with van der Waals surface area (Å²) in [6, 6.07) is 15.6. The summed E-state index contributed by atoms with van der Waals surface area (Å²) in [6.07, 6.45) is 0. The third-order valence-corrected chi connectivity index (χ3v) is 2.76. The van der Waals surface area contributed by atoms with Crippen LogP contribution >= 0.6 is 0 Å². The van der Waals surface area contributed by atoms with Crippen LogP contribution < -0.4 is 5.43 Å². The average Bonchev–Trinajstić information content (AvgIpc) is 2.56. The highest BCUT2D eigenvalue weighted by Crippen LogP contribution is 2.18. The van der Waals surface area contributed by atoms with Crippen molar-refractivity contribution in [2.75, 3.05) is 12.0 Å². The van der Waals surface area contributed by atoms with E-state index in [4.69, 9.17) is 10.00 Å². The van der Waals surface area contributed by atoms with Crippen molar-refractivity contribution in [2.45, 2.75) is 6.92 Å². The molecule has 0 aliphatic rings. The summed E-state index contributed by atoms with van der Waals surface area (Å²) in [6.45, 7) is 2.10. The second-order valence-corrected chi connectivity index (χ2v) is 4.24. The molecule has 2 aromatic carbocycles. The van der Waals surface area contributed by atoms with Crippen molar-refractivity contribution in [3.8, 4) is 6.07 Å². The Morgan fingerprint density at radius 1 is 1.23 bits per heavy atom. The van der Waals surface area contributed by atoms with Crippen molar-refractivity contribution in [3.63, 3.8) is 0 Å². The Hall–Kier alpha value is -3.20. The Balaban J connectivity index is 2.01. The standard InChI is InChI=1S/C16H14N4O2/c1-2-22-16(21)12-7-9-14(10-8-12)18-20-19-15-6-4-3-5-13(15)11-17/h3-10H,2H2,1H3,(H,18,19). The van der Waals surface area contributed by atoms with Crippen LogP contribution in [0.5, 0.6) is 0 Å². The van der Waals surface area contributed by atoms with Crippen LogP contribution in [0.3, 0.4) is 0 Å². The van der Waals surface area contributed by atoms with E-state index in [2.05, 4.69) is 15.8 Å². The van der Waals surface area contributed by atoms with E-state index < -0.39 is 0 Å². The van der Waals surface area contributed by atoms with Crippen molar-refractivity contribution in [1.82, 2.24) is 0 Å². The third-order valence-electron chi connectivity index (χ3n) is 2.76. The lowest BCUT2D eigenvalue weighted by atomic mass is 10.2. The van der Waals surface area contributed by atoms with Crippen LogP contribution in [0.4, 0.5) is 11.4 Å². The van der Waals surface area contributed by atoms with E-state index in [1.54, 1.807) is 55.5 Å². The van der Waals surface area contributed by atoms with Gasteiger partial charge in [-0.2, -0.15) is 5.26 Å². The number of nitriles is 1. The molecule has 110 valence electrons. The molecule has 0 saturated carbocycles. The molecular weight excluding hydrogens is 280 g/mol. The molecule has 6 nitrogen and oxygen atoms in total. The number of benzene rings is 2. The van der Waals surface area contributed by atoms with E-state index in [9.17, 15) is 4.79 Å². The molecule has 22 heavy (non-hydrogen) atoms. The maximum absolute atomic E-state index is 11.5. The second kappa shape index (κ2) is 7.55. The predicted molar refractivity (Wildman–Crippen MR) is 81.7 cm³/mol. The van der Waals surface area contributed by atoms with Gasteiger partial charge in [-0.3, -0.25) is 5.43 Å². The molecule has 6 heteroatoms. The van der Waals surface area contributed by atoms with Gasteiger partial charge in [0.15, 0.2) is 0 Å². The van der Waals surface area contributed by atoms with E-state index in [1.807, 2.05) is 6.07 Å². The van der Waals surface area contributed by atoms with Gasteiger partial charge in [0.25, 0.3) is 0 Å². The smallest absolute Gasteiger partial charge is 0.338 e. The number of rotatable bonds is 5. The summed E-state index contributed by atoms with van der Waals surface area (Å²) in [5, 5.41) is 16.7. The van der Waals surface area contributed by atoms with Crippen molar-refractivity contribution in [2.24, 2.45) is 10.3 Å². The van der Waals surface area contributed by atoms with Gasteiger partial charge < -0.3 is 4.74 Å². The first-order valence-corrected chi connectivity index (χ1v) is 6.67. The Bertz CT molecular complexity index is 718. The summed E-state index contributed by atoms with van der Waals surface area (Å²) in [5.74, 6) is -0.362. The van der Waals surface area contributed by atoms with E-state index >= 15 is 0 Å². The average molecular weight is 294 g/mol. The van der Waals surface area contributed by atoms with Crippen LogP contribution in [-0.4, -0.2) is 12.6 Å². The Labute approximate surface area is 128 Å². The first-order chi connectivity index (χ1) is 10.7. The quantitative estimate of drug-likeness (QED) is 0.515. The Kier molecular flexibility index (Phi) is 5.21. The van der Waals surface area contributed by atoms with Crippen molar-refractivity contribution in [1.29, 1.82) is 5.26 Å². The van der Waals surface area contributed by atoms with Crippen LogP contribution in [0.25, 0.3) is 0 Å². The molecule has 0 saturated heterocycles. The van der Waals surface area contributed by atoms with Gasteiger partial charge >= 0.3 is 5.97 Å². The summed E-state index contributed by atoms with van der Waals surface area (Å²) >= 11 is 0. The first-order valence-electron chi connectivity index (χ1n) is 6.67. The molecule has 0 bridgehead atoms. The molecular formula is C16H14N4O2. The summed E-state index contributed by atoms with van der Waals surface area (Å²) in [4.78, 5) is 11.5. The highest BCUT2D eigenvalue weighted by atomic mass is 16.5. The molecule has 0 unspecified atom stereocenters. The summed E-state index contributed by atoms with van der Waals surface area (Å²) < 4.78 is 4.90. The van der Waals surface area contributed by atoms with Crippen molar-refractivity contribution >= 4 is 17.3 Å². The van der Waals surface area contributed by atoms with Gasteiger partial charge in [0.05, 0.1) is 23.4 Å². The lowest BCUT2D eigenvalue weighted by Gasteiger charge is -2.03. The number of anilines is 1. The first kappa shape index (κ1) is 15.2. The second-order valence-electron chi connectivity index (χ2n) is 4.24. The fourth-order valence-electron chi connectivity index (χ4n) is 1.69. The van der Waals surface area contributed by atoms with Gasteiger partial charge in [-0.1, -0.05) is 17.4 Å². The number of hydrogen-bond acceptors (Lipinski definition) is 5. The van der Waals surface area contributed by atoms with E-state index in [-0.39, 0.29) is 5.97 Å². The van der Waals surface area contributed by atoms with Crippen molar-refractivity contribution in [3.05, 3.63) is 59.7 Å². The molecule has 2 rings (SSSR count). The van der Waals surface area contributed by atoms with Crippen LogP contribution in [0, 0.1) is 11.3 Å². The summed E-state index contributed by atoms with van der Waals surface area (Å²) in [5.41, 5.74) is 4.82. The molecule has 0 heterocycles. The lowest BCUT2D eigenvalue weighted by Crippen LogP contribution is -2.04. The Morgan fingerprint density at radius 3 is 2.64 bits per heavy atom. The van der Waals surface area contributed by atoms with Crippen LogP contribution in [0.2, 0.25) is 0 Å². The van der Waals surface area contributed by atoms with Gasteiger partial charge in [0, 0.05) is 0 Å². The fraction of sp³-hybridized carbons (Fsp3) is 0.125. The topological polar surface area (TPSA) is 86.8 Å². The van der Waals surface area contributed by atoms with E-state index in [0.29, 0.717) is 29.1 Å². The number of hydrogen-bond donors (Lipinski definition) is 1. The molecule has 0 amide bonds. The molecule has 0 aliphatic carbocycles. The molecule has 0 spiro atoms. The Morgan fingerprint density at radius 2 is 1.95 bits per heavy atom. The zero-order valence-corrected chi connectivity index (χ0v) is 12.0. The zero-order valence-electron chi connectivity index (χ0n) is 12.0. The largest absolute Gasteiger partial charge is 0.462 e. The minimum atomic E-state index is -0.362.